The summed E-state index contributed by atoms with van der Waals surface area (Å²) in [5.41, 5.74) is 4.84. The number of quaternary nitrogens is 1. The van der Waals surface area contributed by atoms with Crippen molar-refractivity contribution in [3.8, 4) is 5.75 Å². The van der Waals surface area contributed by atoms with Gasteiger partial charge in [0, 0.05) is 16.7 Å². The summed E-state index contributed by atoms with van der Waals surface area (Å²) in [7, 11) is 0. The number of carbonyl (C=O) groups is 1. The molecule has 0 radical (unpaired) electrons. The van der Waals surface area contributed by atoms with E-state index in [9.17, 15) is 9.90 Å². The van der Waals surface area contributed by atoms with Gasteiger partial charge in [0.25, 0.3) is 0 Å². The molecular formula is C21H20NO2+. The van der Waals surface area contributed by atoms with E-state index in [-0.39, 0.29) is 11.5 Å². The Morgan fingerprint density at radius 2 is 1.38 bits per heavy atom. The molecule has 3 nitrogen and oxygen atoms in total. The summed E-state index contributed by atoms with van der Waals surface area (Å²) in [5.74, 6) is 0.118. The zero-order valence-electron chi connectivity index (χ0n) is 13.6. The SMILES string of the molecule is Cc1ccc(C[NH2+]c2ccc(C(=O)c3ccc(O)cc3)cc2)cc1. The Morgan fingerprint density at radius 3 is 1.96 bits per heavy atom. The van der Waals surface area contributed by atoms with E-state index in [0.717, 1.165) is 12.2 Å². The highest BCUT2D eigenvalue weighted by Gasteiger charge is 2.09. The number of benzene rings is 3. The van der Waals surface area contributed by atoms with Crippen LogP contribution in [0.4, 0.5) is 5.69 Å². The summed E-state index contributed by atoms with van der Waals surface area (Å²) in [6.07, 6.45) is 0. The molecule has 3 rings (SSSR count). The number of carbonyl (C=O) groups excluding carboxylic acids is 1. The molecule has 0 saturated carbocycles. The number of aryl methyl sites for hydroxylation is 1. The standard InChI is InChI=1S/C21H19NO2/c1-15-2-4-16(5-3-15)14-22-19-10-6-17(7-11-19)21(24)18-8-12-20(23)13-9-18/h2-13,22-23H,14H2,1H3/p+1. The molecule has 0 saturated heterocycles. The predicted molar refractivity (Wildman–Crippen MR) is 94.4 cm³/mol. The maximum Gasteiger partial charge on any atom is 0.193 e. The maximum absolute atomic E-state index is 12.4. The summed E-state index contributed by atoms with van der Waals surface area (Å²) in [5, 5.41) is 11.5. The topological polar surface area (TPSA) is 53.9 Å². The molecule has 24 heavy (non-hydrogen) atoms. The molecule has 0 aliphatic carbocycles. The third kappa shape index (κ3) is 3.89. The van der Waals surface area contributed by atoms with E-state index in [1.165, 1.54) is 23.3 Å². The summed E-state index contributed by atoms with van der Waals surface area (Å²) < 4.78 is 0. The molecular weight excluding hydrogens is 298 g/mol. The fourth-order valence-electron chi connectivity index (χ4n) is 2.51. The van der Waals surface area contributed by atoms with Crippen molar-refractivity contribution in [2.24, 2.45) is 0 Å². The van der Waals surface area contributed by atoms with Crippen LogP contribution >= 0.6 is 0 Å². The number of phenols is 1. The van der Waals surface area contributed by atoms with Crippen molar-refractivity contribution in [3.63, 3.8) is 0 Å². The Kier molecular flexibility index (Phi) is 4.73. The lowest BCUT2D eigenvalue weighted by Gasteiger charge is -2.04. The number of hydrogen-bond donors (Lipinski definition) is 2. The van der Waals surface area contributed by atoms with Gasteiger partial charge >= 0.3 is 0 Å². The third-order valence-electron chi connectivity index (χ3n) is 4.00. The summed E-state index contributed by atoms with van der Waals surface area (Å²) in [6.45, 7) is 2.95. The second-order valence-electron chi connectivity index (χ2n) is 5.89. The van der Waals surface area contributed by atoms with Gasteiger partial charge in [-0.3, -0.25) is 4.79 Å². The van der Waals surface area contributed by atoms with Gasteiger partial charge in [-0.05, 0) is 55.5 Å². The van der Waals surface area contributed by atoms with Crippen LogP contribution in [-0.4, -0.2) is 10.9 Å². The number of nitrogens with two attached hydrogens (primary N) is 1. The molecule has 0 bridgehead atoms. The monoisotopic (exact) mass is 318 g/mol. The van der Waals surface area contributed by atoms with E-state index in [4.69, 9.17) is 0 Å². The minimum absolute atomic E-state index is 0.0416. The van der Waals surface area contributed by atoms with Gasteiger partial charge in [0.2, 0.25) is 0 Å². The lowest BCUT2D eigenvalue weighted by atomic mass is 10.0. The van der Waals surface area contributed by atoms with E-state index >= 15 is 0 Å². The minimum atomic E-state index is -0.0416. The normalized spacial score (nSPS) is 10.5. The predicted octanol–water partition coefficient (Wildman–Crippen LogP) is 3.33. The van der Waals surface area contributed by atoms with Gasteiger partial charge < -0.3 is 10.4 Å². The van der Waals surface area contributed by atoms with Crippen LogP contribution in [0.1, 0.15) is 27.0 Å². The van der Waals surface area contributed by atoms with E-state index < -0.39 is 0 Å². The highest BCUT2D eigenvalue weighted by molar-refractivity contribution is 6.09. The van der Waals surface area contributed by atoms with Gasteiger partial charge in [-0.25, -0.2) is 0 Å². The van der Waals surface area contributed by atoms with Crippen LogP contribution in [0.15, 0.2) is 72.8 Å². The van der Waals surface area contributed by atoms with Gasteiger partial charge in [-0.15, -0.1) is 0 Å². The number of phenolic OH excluding ortho intramolecular Hbond substituents is 1. The van der Waals surface area contributed by atoms with Crippen LogP contribution in [0.2, 0.25) is 0 Å². The number of aromatic hydroxyl groups is 1. The zero-order valence-corrected chi connectivity index (χ0v) is 13.6. The number of rotatable bonds is 5. The first-order valence-corrected chi connectivity index (χ1v) is 7.94. The van der Waals surface area contributed by atoms with Crippen LogP contribution in [0.25, 0.3) is 0 Å². The molecule has 0 spiro atoms. The van der Waals surface area contributed by atoms with Gasteiger partial charge in [0.15, 0.2) is 5.78 Å². The second-order valence-corrected chi connectivity index (χ2v) is 5.89. The summed E-state index contributed by atoms with van der Waals surface area (Å²) in [4.78, 5) is 12.4. The first kappa shape index (κ1) is 16.0. The average molecular weight is 318 g/mol. The van der Waals surface area contributed by atoms with Gasteiger partial charge in [0.05, 0.1) is 0 Å². The van der Waals surface area contributed by atoms with Crippen LogP contribution in [-0.2, 0) is 6.54 Å². The summed E-state index contributed by atoms with van der Waals surface area (Å²) in [6, 6.07) is 22.4. The van der Waals surface area contributed by atoms with Crippen LogP contribution in [0.5, 0.6) is 5.75 Å². The summed E-state index contributed by atoms with van der Waals surface area (Å²) >= 11 is 0. The highest BCUT2D eigenvalue weighted by atomic mass is 16.3. The number of ketones is 1. The quantitative estimate of drug-likeness (QED) is 0.560. The molecule has 3 heteroatoms. The fourth-order valence-corrected chi connectivity index (χ4v) is 2.51. The van der Waals surface area contributed by atoms with Crippen LogP contribution < -0.4 is 5.32 Å². The van der Waals surface area contributed by atoms with Crippen molar-refractivity contribution in [2.75, 3.05) is 0 Å². The van der Waals surface area contributed by atoms with E-state index in [1.54, 1.807) is 12.1 Å². The molecule has 0 aromatic heterocycles. The van der Waals surface area contributed by atoms with Crippen molar-refractivity contribution in [1.82, 2.24) is 0 Å². The molecule has 3 aromatic rings. The Hall–Kier alpha value is -2.91. The Morgan fingerprint density at radius 1 is 0.833 bits per heavy atom. The average Bonchev–Trinajstić information content (AvgIpc) is 2.62. The second kappa shape index (κ2) is 7.11. The van der Waals surface area contributed by atoms with Crippen molar-refractivity contribution in [2.45, 2.75) is 13.5 Å². The van der Waals surface area contributed by atoms with Gasteiger partial charge in [-0.1, -0.05) is 29.8 Å². The molecule has 3 aromatic carbocycles. The van der Waals surface area contributed by atoms with Gasteiger partial charge in [0.1, 0.15) is 18.0 Å². The molecule has 0 unspecified atom stereocenters. The van der Waals surface area contributed by atoms with Crippen LogP contribution in [0.3, 0.4) is 0 Å². The minimum Gasteiger partial charge on any atom is -0.508 e. The molecule has 120 valence electrons. The fraction of sp³-hybridized carbons (Fsp3) is 0.0952. The maximum atomic E-state index is 12.4. The van der Waals surface area contributed by atoms with Crippen molar-refractivity contribution >= 4 is 11.5 Å². The smallest absolute Gasteiger partial charge is 0.193 e. The van der Waals surface area contributed by atoms with Crippen LogP contribution in [0, 0.1) is 6.92 Å². The van der Waals surface area contributed by atoms with Crippen molar-refractivity contribution < 1.29 is 15.2 Å². The van der Waals surface area contributed by atoms with E-state index in [0.29, 0.717) is 11.1 Å². The lowest BCUT2D eigenvalue weighted by molar-refractivity contribution is -0.588. The molecule has 0 heterocycles. The van der Waals surface area contributed by atoms with E-state index in [1.807, 2.05) is 24.3 Å². The van der Waals surface area contributed by atoms with Crippen molar-refractivity contribution in [3.05, 3.63) is 95.1 Å². The Bertz CT molecular complexity index is 819. The largest absolute Gasteiger partial charge is 0.508 e. The van der Waals surface area contributed by atoms with Crippen molar-refractivity contribution in [1.29, 1.82) is 0 Å². The van der Waals surface area contributed by atoms with E-state index in [2.05, 4.69) is 36.5 Å². The third-order valence-corrected chi connectivity index (χ3v) is 4.00. The molecule has 0 amide bonds. The zero-order chi connectivity index (χ0) is 16.9. The molecule has 0 fully saturated rings. The first-order valence-electron chi connectivity index (χ1n) is 7.94. The number of hydrogen-bond acceptors (Lipinski definition) is 2. The lowest BCUT2D eigenvalue weighted by Crippen LogP contribution is -2.76. The molecule has 0 aliphatic heterocycles. The molecule has 3 N–H and O–H groups in total. The first-order chi connectivity index (χ1) is 11.6. The highest BCUT2D eigenvalue weighted by Crippen LogP contribution is 2.15. The molecule has 0 aliphatic rings. The Balaban J connectivity index is 1.65. The molecule has 0 atom stereocenters. The van der Waals surface area contributed by atoms with Gasteiger partial charge in [-0.2, -0.15) is 0 Å². The Labute approximate surface area is 141 Å².